The summed E-state index contributed by atoms with van der Waals surface area (Å²) in [5, 5.41) is 6.96. The molecule has 0 saturated heterocycles. The third kappa shape index (κ3) is 5.92. The number of nitrogens with zero attached hydrogens (tertiary/aromatic N) is 4. The van der Waals surface area contributed by atoms with Crippen LogP contribution < -0.4 is 4.74 Å². The van der Waals surface area contributed by atoms with Crippen LogP contribution in [0.25, 0.3) is 44.4 Å². The smallest absolute Gasteiger partial charge is 0.509 e. The summed E-state index contributed by atoms with van der Waals surface area (Å²) in [5.41, 5.74) is 10.2. The van der Waals surface area contributed by atoms with Crippen molar-refractivity contribution in [2.45, 2.75) is 53.4 Å². The van der Waals surface area contributed by atoms with E-state index < -0.39 is 0 Å². The van der Waals surface area contributed by atoms with Crippen LogP contribution >= 0.6 is 0 Å². The normalized spacial score (nSPS) is 11.9. The van der Waals surface area contributed by atoms with E-state index in [9.17, 15) is 0 Å². The quantitative estimate of drug-likeness (QED) is 0.144. The summed E-state index contributed by atoms with van der Waals surface area (Å²) in [5.74, 6) is 2.62. The van der Waals surface area contributed by atoms with Crippen molar-refractivity contribution >= 4 is 21.8 Å². The molecule has 0 fully saturated rings. The molecule has 3 heterocycles. The van der Waals surface area contributed by atoms with Gasteiger partial charge in [0, 0.05) is 35.0 Å². The predicted octanol–water partition coefficient (Wildman–Crippen LogP) is 10.3. The number of benzene rings is 4. The van der Waals surface area contributed by atoms with Gasteiger partial charge < -0.3 is 9.30 Å². The zero-order valence-corrected chi connectivity index (χ0v) is 29.0. The van der Waals surface area contributed by atoms with Crippen LogP contribution in [0.4, 0.5) is 0 Å². The van der Waals surface area contributed by atoms with Crippen molar-refractivity contribution in [3.8, 4) is 34.1 Å². The second-order valence-corrected chi connectivity index (χ2v) is 12.0. The van der Waals surface area contributed by atoms with Crippen molar-refractivity contribution in [2.24, 2.45) is 0 Å². The molecule has 1 unspecified atom stereocenters. The van der Waals surface area contributed by atoms with Gasteiger partial charge >= 0.3 is 21.1 Å². The Bertz CT molecular complexity index is 2150. The largest absolute Gasteiger partial charge is 2.00 e. The van der Waals surface area contributed by atoms with Gasteiger partial charge in [-0.25, -0.2) is 4.98 Å². The van der Waals surface area contributed by atoms with Gasteiger partial charge in [-0.3, -0.25) is 4.68 Å². The molecule has 7 rings (SSSR count). The summed E-state index contributed by atoms with van der Waals surface area (Å²) >= 11 is 0. The molecule has 0 N–H and O–H groups in total. The SMILES string of the molecule is CCCC(C)c1cc(C)c(-c2cnn(-c3[c-]c(Oc4[c-]c5c(cc4)c4ccccc4n5-c4cc(C)ccn4)ccc3)c2)c(C)c1.[Pt+2]. The van der Waals surface area contributed by atoms with Gasteiger partial charge in [-0.2, -0.15) is 17.2 Å². The van der Waals surface area contributed by atoms with Gasteiger partial charge in [0.05, 0.1) is 6.20 Å². The maximum Gasteiger partial charge on any atom is 2.00 e. The van der Waals surface area contributed by atoms with Crippen molar-refractivity contribution in [3.63, 3.8) is 0 Å². The summed E-state index contributed by atoms with van der Waals surface area (Å²) in [6, 6.07) is 34.0. The number of hydrogen-bond donors (Lipinski definition) is 0. The third-order valence-electron chi connectivity index (χ3n) is 8.62. The van der Waals surface area contributed by atoms with E-state index in [1.54, 1.807) is 0 Å². The Labute approximate surface area is 285 Å². The molecule has 0 aliphatic heterocycles. The zero-order valence-electron chi connectivity index (χ0n) is 26.7. The molecule has 5 nitrogen and oxygen atoms in total. The molecule has 4 aromatic carbocycles. The van der Waals surface area contributed by atoms with E-state index in [4.69, 9.17) is 9.84 Å². The molecule has 0 aliphatic carbocycles. The molecule has 0 spiro atoms. The van der Waals surface area contributed by atoms with Crippen molar-refractivity contribution in [3.05, 3.63) is 132 Å². The van der Waals surface area contributed by atoms with Crippen molar-refractivity contribution in [1.82, 2.24) is 19.3 Å². The Balaban J connectivity index is 0.00000372. The van der Waals surface area contributed by atoms with Gasteiger partial charge in [0.15, 0.2) is 0 Å². The minimum Gasteiger partial charge on any atom is -0.509 e. The molecular weight excluding hydrogens is 748 g/mol. The van der Waals surface area contributed by atoms with E-state index in [1.807, 2.05) is 47.4 Å². The van der Waals surface area contributed by atoms with Crippen LogP contribution in [-0.4, -0.2) is 19.3 Å². The van der Waals surface area contributed by atoms with Crippen molar-refractivity contribution < 1.29 is 25.8 Å². The first kappa shape index (κ1) is 31.5. The Morgan fingerprint density at radius 3 is 2.41 bits per heavy atom. The molecule has 0 radical (unpaired) electrons. The number of pyridine rings is 1. The number of para-hydroxylation sites is 1. The predicted molar refractivity (Wildman–Crippen MR) is 183 cm³/mol. The van der Waals surface area contributed by atoms with Gasteiger partial charge in [-0.15, -0.1) is 35.7 Å². The Kier molecular flexibility index (Phi) is 8.97. The number of aromatic nitrogens is 4. The number of fused-ring (bicyclic) bond motifs is 3. The zero-order chi connectivity index (χ0) is 31.1. The molecule has 3 aromatic heterocycles. The van der Waals surface area contributed by atoms with Gasteiger partial charge in [-0.1, -0.05) is 56.1 Å². The number of rotatable bonds is 8. The third-order valence-corrected chi connectivity index (χ3v) is 8.62. The van der Waals surface area contributed by atoms with E-state index in [2.05, 4.69) is 111 Å². The van der Waals surface area contributed by atoms with Crippen LogP contribution in [0.2, 0.25) is 0 Å². The maximum absolute atomic E-state index is 6.36. The van der Waals surface area contributed by atoms with Gasteiger partial charge in [0.2, 0.25) is 0 Å². The molecule has 46 heavy (non-hydrogen) atoms. The molecule has 1 atom stereocenters. The van der Waals surface area contributed by atoms with Gasteiger partial charge in [-0.05, 0) is 90.2 Å². The van der Waals surface area contributed by atoms with Gasteiger partial charge in [0.25, 0.3) is 0 Å². The number of ether oxygens (including phenoxy) is 1. The molecule has 0 saturated carbocycles. The van der Waals surface area contributed by atoms with E-state index in [1.165, 1.54) is 35.1 Å². The Morgan fingerprint density at radius 2 is 1.63 bits per heavy atom. The fourth-order valence-electron chi connectivity index (χ4n) is 6.48. The van der Waals surface area contributed by atoms with Crippen LogP contribution in [-0.2, 0) is 21.1 Å². The maximum atomic E-state index is 6.36. The average Bonchev–Trinajstić information content (AvgIpc) is 3.64. The van der Waals surface area contributed by atoms with E-state index in [0.717, 1.165) is 44.4 Å². The van der Waals surface area contributed by atoms with Crippen molar-refractivity contribution in [2.75, 3.05) is 0 Å². The van der Waals surface area contributed by atoms with E-state index in [-0.39, 0.29) is 21.1 Å². The summed E-state index contributed by atoms with van der Waals surface area (Å²) in [6.07, 6.45) is 8.24. The summed E-state index contributed by atoms with van der Waals surface area (Å²) < 4.78 is 10.4. The average molecular weight is 784 g/mol. The van der Waals surface area contributed by atoms with Crippen LogP contribution in [0.5, 0.6) is 11.5 Å². The summed E-state index contributed by atoms with van der Waals surface area (Å²) in [4.78, 5) is 4.68. The monoisotopic (exact) mass is 783 g/mol. The van der Waals surface area contributed by atoms with Gasteiger partial charge in [0.1, 0.15) is 5.82 Å². The van der Waals surface area contributed by atoms with Crippen LogP contribution in [0, 0.1) is 32.9 Å². The van der Waals surface area contributed by atoms with E-state index in [0.29, 0.717) is 17.4 Å². The molecule has 0 bridgehead atoms. The van der Waals surface area contributed by atoms with Crippen LogP contribution in [0.1, 0.15) is 54.9 Å². The van der Waals surface area contributed by atoms with Crippen LogP contribution in [0.3, 0.4) is 0 Å². The first-order valence-corrected chi connectivity index (χ1v) is 15.6. The molecular formula is C40H36N4OPt. The molecule has 6 heteroatoms. The first-order valence-electron chi connectivity index (χ1n) is 15.6. The topological polar surface area (TPSA) is 44.9 Å². The fourth-order valence-corrected chi connectivity index (χ4v) is 6.48. The Morgan fingerprint density at radius 1 is 0.848 bits per heavy atom. The first-order chi connectivity index (χ1) is 21.9. The van der Waals surface area contributed by atoms with Crippen molar-refractivity contribution in [1.29, 1.82) is 0 Å². The number of aryl methyl sites for hydroxylation is 3. The Hall–Kier alpha value is -4.47. The summed E-state index contributed by atoms with van der Waals surface area (Å²) in [6.45, 7) is 11.0. The van der Waals surface area contributed by atoms with Crippen LogP contribution in [0.15, 0.2) is 97.5 Å². The molecule has 7 aromatic rings. The molecule has 0 amide bonds. The second kappa shape index (κ2) is 13.1. The summed E-state index contributed by atoms with van der Waals surface area (Å²) in [7, 11) is 0. The minimum atomic E-state index is 0. The molecule has 0 aliphatic rings. The number of hydrogen-bond acceptors (Lipinski definition) is 3. The minimum absolute atomic E-state index is 0. The second-order valence-electron chi connectivity index (χ2n) is 12.0. The fraction of sp³-hybridized carbons (Fsp3) is 0.200. The van der Waals surface area contributed by atoms with E-state index >= 15 is 0 Å². The molecule has 232 valence electrons. The standard InChI is InChI=1S/C40H36N4O.Pt/c1-6-10-27(3)30-20-28(4)40(29(5)21-30)31-24-42-43(25-31)32-11-9-12-33(22-32)45-34-15-16-36-35-13-7-8-14-37(35)44(38(36)23-34)39-19-26(2)17-18-41-39;/h7-9,11-21,24-25,27H,6,10H2,1-5H3;/q-2;+2.